The molecular weight excluding hydrogens is 1200 g/mol. The number of alkyl halides is 2. The van der Waals surface area contributed by atoms with Gasteiger partial charge in [0.25, 0.3) is 11.8 Å². The second-order valence-electron chi connectivity index (χ2n) is 22.1. The Labute approximate surface area is 506 Å². The molecule has 4 N–H and O–H groups in total. The number of aliphatic carboxylic acids is 1. The van der Waals surface area contributed by atoms with E-state index < -0.39 is 48.8 Å². The summed E-state index contributed by atoms with van der Waals surface area (Å²) in [6, 6.07) is 23.7. The van der Waals surface area contributed by atoms with Crippen molar-refractivity contribution in [1.29, 1.82) is 0 Å². The highest BCUT2D eigenvalue weighted by atomic mass is 35.5. The molecule has 5 aromatic rings. The number of phosphoric acid groups is 1. The number of anilines is 2. The number of imide groups is 1. The van der Waals surface area contributed by atoms with E-state index in [1.54, 1.807) is 58.3 Å². The molecule has 0 radical (unpaired) electrons. The number of carbonyl (C=O) groups excluding carboxylic acids is 7. The summed E-state index contributed by atoms with van der Waals surface area (Å²) in [7, 11) is 0.690. The third-order valence-electron chi connectivity index (χ3n) is 16.4. The van der Waals surface area contributed by atoms with Crippen molar-refractivity contribution in [2.24, 2.45) is 10.8 Å². The molecule has 0 saturated heterocycles. The molecule has 0 spiro atoms. The van der Waals surface area contributed by atoms with Crippen molar-refractivity contribution in [2.45, 2.75) is 74.3 Å². The monoisotopic (exact) mass is 1260 g/mol. The van der Waals surface area contributed by atoms with Gasteiger partial charge in [-0.2, -0.15) is 0 Å². The van der Waals surface area contributed by atoms with Gasteiger partial charge in [0, 0.05) is 123 Å². The van der Waals surface area contributed by atoms with Crippen molar-refractivity contribution in [2.75, 3.05) is 74.1 Å². The summed E-state index contributed by atoms with van der Waals surface area (Å²) in [5.74, 6) is -2.49. The Morgan fingerprint density at radius 2 is 1.25 bits per heavy atom. The molecular formula is C59H61Cl2N6O15PS2. The summed E-state index contributed by atoms with van der Waals surface area (Å²) in [4.78, 5) is 132. The number of hydrogen-bond donors (Lipinski definition) is 4. The Kier molecular flexibility index (Phi) is 18.2. The van der Waals surface area contributed by atoms with Gasteiger partial charge in [0.05, 0.1) is 22.2 Å². The maximum atomic E-state index is 14.9. The Balaban J connectivity index is 0.700. The topological polar surface area (TPSA) is 270 Å². The predicted molar refractivity (Wildman–Crippen MR) is 321 cm³/mol. The minimum absolute atomic E-state index is 0.0445. The van der Waals surface area contributed by atoms with Crippen molar-refractivity contribution in [3.63, 3.8) is 0 Å². The van der Waals surface area contributed by atoms with Crippen LogP contribution in [-0.2, 0) is 44.7 Å². The van der Waals surface area contributed by atoms with Crippen molar-refractivity contribution < 1.29 is 71.8 Å². The van der Waals surface area contributed by atoms with Crippen LogP contribution in [0.15, 0.2) is 102 Å². The van der Waals surface area contributed by atoms with Crippen LogP contribution in [0.4, 0.5) is 21.0 Å². The number of carbonyl (C=O) groups is 8. The first-order chi connectivity index (χ1) is 40.6. The number of hydrogen-bond acceptors (Lipinski definition) is 14. The Morgan fingerprint density at radius 1 is 0.729 bits per heavy atom. The molecule has 7 amide bonds. The van der Waals surface area contributed by atoms with Crippen LogP contribution in [-0.4, -0.2) is 148 Å². The zero-order chi connectivity index (χ0) is 60.5. The van der Waals surface area contributed by atoms with Gasteiger partial charge >= 0.3 is 26.0 Å². The van der Waals surface area contributed by atoms with E-state index in [4.69, 9.17) is 37.2 Å². The Morgan fingerprint density at radius 3 is 1.78 bits per heavy atom. The highest BCUT2D eigenvalue weighted by molar-refractivity contribution is 8.76. The summed E-state index contributed by atoms with van der Waals surface area (Å²) in [6.45, 7) is 0.913. The highest BCUT2D eigenvalue weighted by Gasteiger charge is 2.76. The van der Waals surface area contributed by atoms with Gasteiger partial charge in [0.15, 0.2) is 0 Å². The van der Waals surface area contributed by atoms with Gasteiger partial charge in [-0.3, -0.25) is 38.7 Å². The Bertz CT molecular complexity index is 3570. The quantitative estimate of drug-likeness (QED) is 0.0147. The number of halogens is 2. The number of phosphoric ester groups is 1. The van der Waals surface area contributed by atoms with Gasteiger partial charge in [-0.1, -0.05) is 88.7 Å². The van der Waals surface area contributed by atoms with E-state index in [0.717, 1.165) is 26.3 Å². The third kappa shape index (κ3) is 12.7. The molecule has 26 heteroatoms. The molecule has 448 valence electrons. The van der Waals surface area contributed by atoms with Crippen molar-refractivity contribution in [1.82, 2.24) is 20.0 Å². The normalized spacial score (nSPS) is 20.4. The SMILES string of the molecule is CN(CCN(C)C(=O)Oc1cc2c(c3ccccc13)C(CCl)CN2C(=O)C12CC(C(=O)N3CC(CCl)c4c3cc(OP(=O)(O)O)c3ccccc43)(C1)C2)C(=O)OCc1ccc(SSCC(NC(=O)CCCCCN2C(=O)C=CC2=O)C(=O)O)cc1. The molecule has 85 heavy (non-hydrogen) atoms. The van der Waals surface area contributed by atoms with Gasteiger partial charge < -0.3 is 44.0 Å². The van der Waals surface area contributed by atoms with Crippen LogP contribution in [0.1, 0.15) is 73.5 Å². The second-order valence-corrected chi connectivity index (χ2v) is 26.3. The number of amides is 7. The van der Waals surface area contributed by atoms with E-state index in [1.165, 1.54) is 63.7 Å². The van der Waals surface area contributed by atoms with Crippen molar-refractivity contribution >= 4 is 133 Å². The van der Waals surface area contributed by atoms with Gasteiger partial charge in [-0.05, 0) is 71.7 Å². The molecule has 3 heterocycles. The zero-order valence-electron chi connectivity index (χ0n) is 46.3. The maximum Gasteiger partial charge on any atom is 0.524 e. The van der Waals surface area contributed by atoms with Crippen LogP contribution in [0, 0.1) is 10.8 Å². The summed E-state index contributed by atoms with van der Waals surface area (Å²) in [6.07, 6.45) is 3.68. The number of carboxylic acid groups (broad SMARTS) is 1. The molecule has 2 bridgehead atoms. The number of unbranched alkanes of at least 4 members (excludes halogenated alkanes) is 2. The lowest BCUT2D eigenvalue weighted by Gasteiger charge is -2.69. The van der Waals surface area contributed by atoms with Crippen LogP contribution >= 0.6 is 52.6 Å². The second kappa shape index (κ2) is 25.2. The largest absolute Gasteiger partial charge is 0.524 e. The number of carboxylic acids is 1. The number of nitrogens with zero attached hydrogens (tertiary/aromatic N) is 5. The van der Waals surface area contributed by atoms with Crippen molar-refractivity contribution in [3.05, 3.63) is 114 Å². The van der Waals surface area contributed by atoms with E-state index >= 15 is 0 Å². The van der Waals surface area contributed by atoms with E-state index in [9.17, 15) is 57.8 Å². The van der Waals surface area contributed by atoms with E-state index in [2.05, 4.69) is 5.32 Å². The average molecular weight is 1260 g/mol. The van der Waals surface area contributed by atoms with Crippen LogP contribution in [0.3, 0.4) is 0 Å². The van der Waals surface area contributed by atoms with Gasteiger partial charge in [-0.15, -0.1) is 23.2 Å². The first kappa shape index (κ1) is 61.2. The van der Waals surface area contributed by atoms with Gasteiger partial charge in [0.1, 0.15) is 24.1 Å². The standard InChI is InChI=1S/C59H61Cl2N6O15PS2/c1-63(56(75)80-30-35-15-17-38(18-16-35)85-84-31-43(53(71)72)62-48(68)14-4-3-9-21-65-49(69)19-20-50(65)70)22-23-64(2)57(76)81-46-24-44-51(41-12-7-5-10-39(41)46)36(26-60)28-66(44)54(73)58-32-59(33-58,34-58)55(74)67-29-37(27-61)52-42-13-8-6-11-40(42)47(25-45(52)67)82-83(77,78)79/h5-8,10-13,15-20,24-25,36-37,43H,3-4,9,14,21-23,26-34H2,1-2H3,(H,62,68)(H,71,72)(H2,77,78,79). The molecule has 6 aliphatic rings. The number of rotatable bonds is 24. The first-order valence-corrected chi connectivity index (χ1v) is 32.4. The lowest BCUT2D eigenvalue weighted by atomic mass is 9.34. The summed E-state index contributed by atoms with van der Waals surface area (Å²) in [5.41, 5.74) is 1.70. The lowest BCUT2D eigenvalue weighted by Crippen LogP contribution is -2.73. The molecule has 3 unspecified atom stereocenters. The third-order valence-corrected chi connectivity index (χ3v) is 19.9. The molecule has 5 aromatic carbocycles. The number of ether oxygens (including phenoxy) is 2. The Hall–Kier alpha value is -6.85. The maximum absolute atomic E-state index is 14.9. The summed E-state index contributed by atoms with van der Waals surface area (Å²) >= 11 is 13.1. The lowest BCUT2D eigenvalue weighted by molar-refractivity contribution is -0.205. The van der Waals surface area contributed by atoms with Crippen LogP contribution in [0.25, 0.3) is 21.5 Å². The highest BCUT2D eigenvalue weighted by Crippen LogP contribution is 2.75. The van der Waals surface area contributed by atoms with Gasteiger partial charge in [0.2, 0.25) is 17.7 Å². The minimum atomic E-state index is -4.97. The molecule has 11 rings (SSSR count). The zero-order valence-corrected chi connectivity index (χ0v) is 50.3. The average Bonchev–Trinajstić information content (AvgIpc) is 1.40. The smallest absolute Gasteiger partial charge is 0.480 e. The van der Waals surface area contributed by atoms with E-state index in [1.807, 2.05) is 30.3 Å². The molecule has 21 nitrogen and oxygen atoms in total. The first-order valence-electron chi connectivity index (χ1n) is 27.5. The van der Waals surface area contributed by atoms with Crippen LogP contribution in [0.5, 0.6) is 11.5 Å². The fraction of sp³-hybridized carbons (Fsp3) is 0.390. The molecule has 3 aliphatic heterocycles. The fourth-order valence-electron chi connectivity index (χ4n) is 12.1. The fourth-order valence-corrected chi connectivity index (χ4v) is 15.2. The van der Waals surface area contributed by atoms with Crippen LogP contribution in [0.2, 0.25) is 0 Å². The van der Waals surface area contributed by atoms with Gasteiger partial charge in [-0.25, -0.2) is 18.9 Å². The van der Waals surface area contributed by atoms with Crippen molar-refractivity contribution in [3.8, 4) is 11.5 Å². The number of nitrogens with one attached hydrogen (secondary N) is 1. The van der Waals surface area contributed by atoms with E-state index in [-0.39, 0.29) is 110 Å². The van der Waals surface area contributed by atoms with Crippen LogP contribution < -0.4 is 24.4 Å². The molecule has 3 fully saturated rings. The number of benzene rings is 5. The predicted octanol–water partition coefficient (Wildman–Crippen LogP) is 9.17. The molecule has 3 atom stereocenters. The number of likely N-dealkylation sites (N-methyl/N-ethyl adjacent to an activating group) is 2. The molecule has 3 saturated carbocycles. The van der Waals surface area contributed by atoms with E-state index in [0.29, 0.717) is 71.6 Å². The summed E-state index contributed by atoms with van der Waals surface area (Å²) < 4.78 is 28.8. The summed E-state index contributed by atoms with van der Waals surface area (Å²) in [5, 5.41) is 14.8. The minimum Gasteiger partial charge on any atom is -0.480 e. The molecule has 3 aliphatic carbocycles. The number of fused-ring (bicyclic) bond motifs is 6. The molecule has 0 aromatic heterocycles.